The van der Waals surface area contributed by atoms with Gasteiger partial charge in [-0.05, 0) is 74.5 Å². The van der Waals surface area contributed by atoms with E-state index >= 15 is 0 Å². The minimum Gasteiger partial charge on any atom is -0.497 e. The maximum atomic E-state index is 12.3. The van der Waals surface area contributed by atoms with E-state index in [9.17, 15) is 9.59 Å². The number of methoxy groups -OCH3 is 1. The summed E-state index contributed by atoms with van der Waals surface area (Å²) in [5.41, 5.74) is 6.81. The Hall–Kier alpha value is -3.23. The lowest BCUT2D eigenvalue weighted by molar-refractivity contribution is 0.108. The van der Waals surface area contributed by atoms with Crippen LogP contribution < -0.4 is 20.3 Å². The number of carbonyl (C=O) groups excluding carboxylic acids is 2. The number of rotatable bonds is 6. The zero-order chi connectivity index (χ0) is 20.8. The summed E-state index contributed by atoms with van der Waals surface area (Å²) in [6.45, 7) is 4.07. The highest BCUT2D eigenvalue weighted by atomic mass is 32.2. The van der Waals surface area contributed by atoms with Crippen molar-refractivity contribution in [2.75, 3.05) is 12.4 Å². The summed E-state index contributed by atoms with van der Waals surface area (Å²) in [4.78, 5) is 26.7. The van der Waals surface area contributed by atoms with E-state index in [4.69, 9.17) is 4.74 Å². The molecule has 3 N–H and O–H groups in total. The molecule has 3 rings (SSSR count). The van der Waals surface area contributed by atoms with Crippen LogP contribution >= 0.6 is 11.9 Å². The zero-order valence-corrected chi connectivity index (χ0v) is 17.2. The van der Waals surface area contributed by atoms with Crippen molar-refractivity contribution in [3.8, 4) is 11.4 Å². The molecule has 0 aliphatic rings. The smallest absolute Gasteiger partial charge is 0.334 e. The Kier molecular flexibility index (Phi) is 6.58. The van der Waals surface area contributed by atoms with Crippen molar-refractivity contribution in [3.63, 3.8) is 0 Å². The second-order valence-electron chi connectivity index (χ2n) is 6.30. The molecule has 0 atom stereocenters. The molecular formula is C21H22N4O3S. The average Bonchev–Trinajstić information content (AvgIpc) is 3.06. The third-order valence-corrected chi connectivity index (χ3v) is 4.91. The third kappa shape index (κ3) is 5.18. The van der Waals surface area contributed by atoms with Crippen LogP contribution in [0.2, 0.25) is 0 Å². The van der Waals surface area contributed by atoms with Gasteiger partial charge >= 0.3 is 6.03 Å². The third-order valence-electron chi connectivity index (χ3n) is 4.29. The van der Waals surface area contributed by atoms with Crippen molar-refractivity contribution in [2.45, 2.75) is 13.8 Å². The van der Waals surface area contributed by atoms with Crippen molar-refractivity contribution in [2.24, 2.45) is 0 Å². The van der Waals surface area contributed by atoms with E-state index in [2.05, 4.69) is 32.3 Å². The molecule has 0 radical (unpaired) electrons. The van der Waals surface area contributed by atoms with Crippen LogP contribution in [0, 0.1) is 13.8 Å². The van der Waals surface area contributed by atoms with Crippen LogP contribution in [0.25, 0.3) is 5.69 Å². The number of ether oxygens (including phenoxy) is 1. The van der Waals surface area contributed by atoms with Crippen LogP contribution in [-0.4, -0.2) is 22.8 Å². The first kappa shape index (κ1) is 20.5. The molecule has 0 spiro atoms. The maximum Gasteiger partial charge on any atom is 0.334 e. The Morgan fingerprint density at radius 2 is 1.52 bits per heavy atom. The van der Waals surface area contributed by atoms with Gasteiger partial charge in [0.1, 0.15) is 5.75 Å². The molecule has 0 aliphatic heterocycles. The van der Waals surface area contributed by atoms with Crippen molar-refractivity contribution in [1.82, 2.24) is 14.8 Å². The first-order valence-corrected chi connectivity index (χ1v) is 9.72. The molecule has 0 bridgehead atoms. The molecule has 2 aromatic carbocycles. The Morgan fingerprint density at radius 1 is 0.897 bits per heavy atom. The largest absolute Gasteiger partial charge is 0.497 e. The van der Waals surface area contributed by atoms with Crippen LogP contribution in [0.4, 0.5) is 10.5 Å². The molecule has 150 valence electrons. The molecule has 0 fully saturated rings. The average molecular weight is 410 g/mol. The van der Waals surface area contributed by atoms with Crippen LogP contribution in [-0.2, 0) is 0 Å². The van der Waals surface area contributed by atoms with E-state index in [0.29, 0.717) is 17.0 Å². The van der Waals surface area contributed by atoms with Gasteiger partial charge in [-0.1, -0.05) is 0 Å². The van der Waals surface area contributed by atoms with Gasteiger partial charge in [-0.2, -0.15) is 4.83 Å². The van der Waals surface area contributed by atoms with E-state index in [1.165, 1.54) is 0 Å². The molecule has 0 aliphatic carbocycles. The molecule has 0 saturated carbocycles. The second-order valence-corrected chi connectivity index (χ2v) is 7.08. The fourth-order valence-electron chi connectivity index (χ4n) is 2.84. The number of nitrogens with zero attached hydrogens (tertiary/aromatic N) is 1. The summed E-state index contributed by atoms with van der Waals surface area (Å²) in [5.74, 6) is 0.698. The van der Waals surface area contributed by atoms with Gasteiger partial charge in [0, 0.05) is 40.3 Å². The topological polar surface area (TPSA) is 84.4 Å². The van der Waals surface area contributed by atoms with E-state index in [1.54, 1.807) is 43.5 Å². The first-order valence-electron chi connectivity index (χ1n) is 8.90. The Bertz CT molecular complexity index is 978. The number of benzene rings is 2. The SMILES string of the molecule is COc1ccc(NC(=O)NNSC(=O)c2ccc(-n3c(C)ccc3C)cc2)cc1. The Labute approximate surface area is 173 Å². The van der Waals surface area contributed by atoms with Crippen LogP contribution in [0.15, 0.2) is 60.7 Å². The summed E-state index contributed by atoms with van der Waals surface area (Å²) in [6, 6.07) is 17.9. The number of urea groups is 1. The summed E-state index contributed by atoms with van der Waals surface area (Å²) >= 11 is 0.796. The fraction of sp³-hybridized carbons (Fsp3) is 0.143. The molecule has 0 unspecified atom stereocenters. The Morgan fingerprint density at radius 3 is 2.10 bits per heavy atom. The predicted octanol–water partition coefficient (Wildman–Crippen LogP) is 4.22. The van der Waals surface area contributed by atoms with Crippen molar-refractivity contribution in [3.05, 3.63) is 77.6 Å². The summed E-state index contributed by atoms with van der Waals surface area (Å²) in [7, 11) is 1.57. The molecule has 8 heteroatoms. The summed E-state index contributed by atoms with van der Waals surface area (Å²) in [6.07, 6.45) is 0. The van der Waals surface area contributed by atoms with Gasteiger partial charge in [-0.25, -0.2) is 4.79 Å². The van der Waals surface area contributed by atoms with Gasteiger partial charge in [-0.15, -0.1) is 0 Å². The normalized spacial score (nSPS) is 10.4. The number of aromatic nitrogens is 1. The fourth-order valence-corrected chi connectivity index (χ4v) is 3.33. The van der Waals surface area contributed by atoms with Gasteiger partial charge in [-0.3, -0.25) is 10.2 Å². The maximum absolute atomic E-state index is 12.3. The highest BCUT2D eigenvalue weighted by Gasteiger charge is 2.10. The van der Waals surface area contributed by atoms with Gasteiger partial charge in [0.25, 0.3) is 0 Å². The van der Waals surface area contributed by atoms with Crippen LogP contribution in [0.3, 0.4) is 0 Å². The second kappa shape index (κ2) is 9.31. The monoisotopic (exact) mass is 410 g/mol. The highest BCUT2D eigenvalue weighted by Crippen LogP contribution is 2.18. The van der Waals surface area contributed by atoms with Crippen LogP contribution in [0.5, 0.6) is 5.75 Å². The minimum absolute atomic E-state index is 0.206. The summed E-state index contributed by atoms with van der Waals surface area (Å²) in [5, 5.41) is 2.44. The van der Waals surface area contributed by atoms with Gasteiger partial charge < -0.3 is 14.6 Å². The van der Waals surface area contributed by atoms with Gasteiger partial charge in [0.05, 0.1) is 7.11 Å². The van der Waals surface area contributed by atoms with E-state index in [0.717, 1.165) is 29.0 Å². The number of amides is 2. The molecule has 29 heavy (non-hydrogen) atoms. The van der Waals surface area contributed by atoms with Crippen molar-refractivity contribution < 1.29 is 14.3 Å². The van der Waals surface area contributed by atoms with Gasteiger partial charge in [0.15, 0.2) is 0 Å². The van der Waals surface area contributed by atoms with E-state index in [-0.39, 0.29) is 5.12 Å². The minimum atomic E-state index is -0.482. The molecule has 0 saturated heterocycles. The highest BCUT2D eigenvalue weighted by molar-refractivity contribution is 8.12. The van der Waals surface area contributed by atoms with Crippen LogP contribution in [0.1, 0.15) is 21.7 Å². The number of aryl methyl sites for hydroxylation is 2. The van der Waals surface area contributed by atoms with Crippen molar-refractivity contribution >= 4 is 28.8 Å². The molecule has 2 amide bonds. The summed E-state index contributed by atoms with van der Waals surface area (Å²) < 4.78 is 7.18. The Balaban J connectivity index is 1.49. The van der Waals surface area contributed by atoms with Gasteiger partial charge in [0.2, 0.25) is 5.12 Å². The molecule has 3 aromatic rings. The quantitative estimate of drug-likeness (QED) is 0.419. The van der Waals surface area contributed by atoms with E-state index in [1.807, 2.05) is 26.0 Å². The lowest BCUT2D eigenvalue weighted by Gasteiger charge is -2.10. The molecule has 7 nitrogen and oxygen atoms in total. The number of anilines is 1. The molecular weight excluding hydrogens is 388 g/mol. The molecule has 1 aromatic heterocycles. The lowest BCUT2D eigenvalue weighted by Crippen LogP contribution is -2.37. The van der Waals surface area contributed by atoms with E-state index < -0.39 is 6.03 Å². The number of hydrazine groups is 1. The number of carbonyl (C=O) groups is 2. The number of nitrogens with one attached hydrogen (secondary N) is 3. The van der Waals surface area contributed by atoms with Crippen molar-refractivity contribution in [1.29, 1.82) is 0 Å². The first-order chi connectivity index (χ1) is 14.0. The standard InChI is InChI=1S/C21H22N4O3S/c1-14-4-5-15(2)25(14)18-10-6-16(7-11-18)20(26)29-24-23-21(27)22-17-8-12-19(28-3)13-9-17/h4-13,24H,1-3H3,(H2,22,23,27). The predicted molar refractivity (Wildman–Crippen MR) is 115 cm³/mol. The lowest BCUT2D eigenvalue weighted by atomic mass is 10.2. The zero-order valence-electron chi connectivity index (χ0n) is 16.4. The number of hydrogen-bond donors (Lipinski definition) is 3. The number of hydrogen-bond acceptors (Lipinski definition) is 5. The molecule has 1 heterocycles.